The van der Waals surface area contributed by atoms with Crippen LogP contribution < -0.4 is 4.43 Å². The van der Waals surface area contributed by atoms with Gasteiger partial charge in [0.2, 0.25) is 8.32 Å². The van der Waals surface area contributed by atoms with Crippen LogP contribution in [0.3, 0.4) is 0 Å². The molecule has 0 aliphatic heterocycles. The first kappa shape index (κ1) is 30.7. The van der Waals surface area contributed by atoms with Gasteiger partial charge >= 0.3 is 0 Å². The van der Waals surface area contributed by atoms with E-state index in [1.807, 2.05) is 0 Å². The molecular weight excluding hydrogens is 537 g/mol. The van der Waals surface area contributed by atoms with Gasteiger partial charge in [-0.1, -0.05) is 13.0 Å². The highest BCUT2D eigenvalue weighted by Crippen LogP contribution is 2.64. The Hall–Kier alpha value is -0.232. The average molecular weight is 593 g/mol. The average Bonchev–Trinajstić information content (AvgIpc) is 2.95. The first-order valence-electron chi connectivity index (χ1n) is 15.0. The van der Waals surface area contributed by atoms with Crippen LogP contribution in [0.15, 0.2) is 18.2 Å². The molecule has 0 amide bonds. The van der Waals surface area contributed by atoms with E-state index in [0.29, 0.717) is 17.8 Å². The van der Waals surface area contributed by atoms with Gasteiger partial charge in [-0.15, -0.1) is 0 Å². The van der Waals surface area contributed by atoms with Crippen LogP contribution in [0.5, 0.6) is 5.75 Å². The Labute approximate surface area is 238 Å². The maximum absolute atomic E-state index is 7.05. The fourth-order valence-corrected chi connectivity index (χ4v) is 11.8. The minimum absolute atomic E-state index is 0.152. The SMILES string of the molecule is C[C@]12CC[C@@H]3c4ccc(O[Si](C)(C)C)cc4C(O[Si](C)(C)C)C[C@H]3[C@@H]1CC(O[Si](C)(C)C)C2O[Si](C)(C)C. The molecule has 0 radical (unpaired) electrons. The summed E-state index contributed by atoms with van der Waals surface area (Å²) < 4.78 is 27.4. The normalized spacial score (nSPS) is 33.9. The summed E-state index contributed by atoms with van der Waals surface area (Å²) in [5.74, 6) is 2.82. The first-order chi connectivity index (χ1) is 17.2. The van der Waals surface area contributed by atoms with Crippen molar-refractivity contribution in [3.63, 3.8) is 0 Å². The van der Waals surface area contributed by atoms with Crippen molar-refractivity contribution in [2.45, 2.75) is 135 Å². The monoisotopic (exact) mass is 592 g/mol. The Kier molecular flexibility index (Phi) is 8.28. The third-order valence-corrected chi connectivity index (χ3v) is 12.4. The number of hydrogen-bond acceptors (Lipinski definition) is 4. The van der Waals surface area contributed by atoms with Crippen molar-refractivity contribution in [3.05, 3.63) is 29.3 Å². The van der Waals surface area contributed by atoms with E-state index in [4.69, 9.17) is 17.7 Å². The molecule has 0 aromatic heterocycles. The molecule has 3 unspecified atom stereocenters. The molecule has 38 heavy (non-hydrogen) atoms. The third kappa shape index (κ3) is 6.97. The topological polar surface area (TPSA) is 36.9 Å². The van der Waals surface area contributed by atoms with Crippen molar-refractivity contribution in [2.75, 3.05) is 0 Å². The second-order valence-corrected chi connectivity index (χ2v) is 34.3. The Morgan fingerprint density at radius 2 is 1.32 bits per heavy atom. The van der Waals surface area contributed by atoms with Crippen molar-refractivity contribution < 1.29 is 17.7 Å². The van der Waals surface area contributed by atoms with Crippen molar-refractivity contribution in [2.24, 2.45) is 17.3 Å². The van der Waals surface area contributed by atoms with Crippen LogP contribution in [0.4, 0.5) is 0 Å². The van der Waals surface area contributed by atoms with Crippen molar-refractivity contribution in [1.29, 1.82) is 0 Å². The molecule has 1 aromatic rings. The van der Waals surface area contributed by atoms with Crippen LogP contribution >= 0.6 is 0 Å². The summed E-state index contributed by atoms with van der Waals surface area (Å²) in [6.07, 6.45) is 5.25. The second-order valence-electron chi connectivity index (χ2n) is 16.5. The molecule has 1 aromatic carbocycles. The molecule has 3 aliphatic carbocycles. The molecule has 0 bridgehead atoms. The zero-order chi connectivity index (χ0) is 28.5. The maximum Gasteiger partial charge on any atom is 0.242 e. The van der Waals surface area contributed by atoms with Crippen molar-refractivity contribution >= 4 is 33.3 Å². The molecule has 0 spiro atoms. The zero-order valence-electron chi connectivity index (χ0n) is 26.7. The quantitative estimate of drug-likeness (QED) is 0.282. The van der Waals surface area contributed by atoms with Gasteiger partial charge in [-0.3, -0.25) is 0 Å². The highest BCUT2D eigenvalue weighted by Gasteiger charge is 2.61. The van der Waals surface area contributed by atoms with Crippen LogP contribution in [0, 0.1) is 17.3 Å². The van der Waals surface area contributed by atoms with E-state index >= 15 is 0 Å². The maximum atomic E-state index is 7.05. The van der Waals surface area contributed by atoms with Crippen LogP contribution in [-0.4, -0.2) is 45.5 Å². The second kappa shape index (κ2) is 10.2. The molecule has 7 atom stereocenters. The summed E-state index contributed by atoms with van der Waals surface area (Å²) in [4.78, 5) is 0. The van der Waals surface area contributed by atoms with Crippen LogP contribution in [-0.2, 0) is 13.3 Å². The van der Waals surface area contributed by atoms with E-state index in [0.717, 1.165) is 18.6 Å². The molecule has 0 N–H and O–H groups in total. The van der Waals surface area contributed by atoms with E-state index in [1.54, 1.807) is 0 Å². The zero-order valence-corrected chi connectivity index (χ0v) is 30.7. The summed E-state index contributed by atoms with van der Waals surface area (Å²) >= 11 is 0. The van der Waals surface area contributed by atoms with Crippen LogP contribution in [0.25, 0.3) is 0 Å². The van der Waals surface area contributed by atoms with Gasteiger partial charge in [-0.2, -0.15) is 0 Å². The number of fused-ring (bicyclic) bond motifs is 5. The van der Waals surface area contributed by atoms with E-state index in [1.165, 1.54) is 24.0 Å². The molecule has 0 heterocycles. The highest BCUT2D eigenvalue weighted by atomic mass is 28.4. The van der Waals surface area contributed by atoms with Crippen molar-refractivity contribution in [1.82, 2.24) is 0 Å². The summed E-state index contributed by atoms with van der Waals surface area (Å²) in [6, 6.07) is 6.97. The van der Waals surface area contributed by atoms with E-state index in [2.05, 4.69) is 104 Å². The number of rotatable bonds is 8. The Balaban J connectivity index is 1.73. The third-order valence-electron chi connectivity index (χ3n) is 8.54. The van der Waals surface area contributed by atoms with Gasteiger partial charge < -0.3 is 17.7 Å². The molecule has 8 heteroatoms. The lowest BCUT2D eigenvalue weighted by molar-refractivity contribution is -0.0444. The van der Waals surface area contributed by atoms with Crippen LogP contribution in [0.1, 0.15) is 55.8 Å². The molecule has 3 aliphatic rings. The van der Waals surface area contributed by atoms with Gasteiger partial charge in [-0.25, -0.2) is 0 Å². The lowest BCUT2D eigenvalue weighted by atomic mass is 9.55. The van der Waals surface area contributed by atoms with Gasteiger partial charge in [0.15, 0.2) is 25.0 Å². The van der Waals surface area contributed by atoms with Gasteiger partial charge in [-0.05, 0) is 151 Å². The van der Waals surface area contributed by atoms with Gasteiger partial charge in [0.25, 0.3) is 0 Å². The standard InChI is InChI=1S/C30H56O4Si4/c1-30-17-16-23-22-15-14-21(31-35(2,3)4)18-25(22)27(32-36(5,6)7)19-24(23)26(30)20-28(33-37(8,9)10)29(30)34-38(11,12)13/h14-15,18,23-24,26-29H,16-17,19-20H2,1-13H3/t23-,24-,26+,27?,28?,29?,30+/m1/s1. The van der Waals surface area contributed by atoms with Gasteiger partial charge in [0, 0.05) is 0 Å². The Morgan fingerprint density at radius 1 is 0.711 bits per heavy atom. The summed E-state index contributed by atoms with van der Waals surface area (Å²) in [7, 11) is -6.86. The van der Waals surface area contributed by atoms with Gasteiger partial charge in [0.05, 0.1) is 18.3 Å². The largest absolute Gasteiger partial charge is 0.544 e. The fraction of sp³-hybridized carbons (Fsp3) is 0.800. The molecule has 2 fully saturated rings. The molecule has 216 valence electrons. The van der Waals surface area contributed by atoms with E-state index in [-0.39, 0.29) is 23.7 Å². The minimum Gasteiger partial charge on any atom is -0.544 e. The lowest BCUT2D eigenvalue weighted by Crippen LogP contribution is -2.51. The molecule has 4 nitrogen and oxygen atoms in total. The number of benzene rings is 1. The lowest BCUT2D eigenvalue weighted by Gasteiger charge is -2.53. The summed E-state index contributed by atoms with van der Waals surface area (Å²) in [6.45, 7) is 30.4. The predicted molar refractivity (Wildman–Crippen MR) is 170 cm³/mol. The predicted octanol–water partition coefficient (Wildman–Crippen LogP) is 9.16. The highest BCUT2D eigenvalue weighted by molar-refractivity contribution is 6.71. The van der Waals surface area contributed by atoms with E-state index < -0.39 is 33.3 Å². The van der Waals surface area contributed by atoms with Crippen molar-refractivity contribution in [3.8, 4) is 5.75 Å². The smallest absolute Gasteiger partial charge is 0.242 e. The van der Waals surface area contributed by atoms with E-state index in [9.17, 15) is 0 Å². The summed E-state index contributed by atoms with van der Waals surface area (Å²) in [5.41, 5.74) is 3.08. The fourth-order valence-electron chi connectivity index (χ4n) is 7.60. The first-order valence-corrected chi connectivity index (χ1v) is 28.6. The van der Waals surface area contributed by atoms with Gasteiger partial charge in [0.1, 0.15) is 5.75 Å². The Morgan fingerprint density at radius 3 is 1.87 bits per heavy atom. The minimum atomic E-state index is -1.75. The molecule has 0 saturated heterocycles. The molecule has 2 saturated carbocycles. The molecule has 4 rings (SSSR count). The summed E-state index contributed by atoms with van der Waals surface area (Å²) in [5, 5.41) is 0. The van der Waals surface area contributed by atoms with Crippen LogP contribution in [0.2, 0.25) is 78.6 Å². The molecular formula is C30H56O4Si4. The Bertz CT molecular complexity index is 1000. The number of hydrogen-bond donors (Lipinski definition) is 0.